The molecule has 0 aliphatic rings. The molecule has 1 aromatic carbocycles. The number of nitriles is 1. The molecule has 4 heteroatoms. The number of nitrogens with one attached hydrogen (secondary N) is 1. The van der Waals surface area contributed by atoms with E-state index in [-0.39, 0.29) is 12.5 Å². The molecule has 1 aromatic rings. The van der Waals surface area contributed by atoms with Crippen LogP contribution in [0.5, 0.6) is 0 Å². The maximum Gasteiger partial charge on any atom is 0.224 e. The van der Waals surface area contributed by atoms with Crippen molar-refractivity contribution in [3.05, 3.63) is 35.4 Å². The van der Waals surface area contributed by atoms with E-state index >= 15 is 0 Å². The number of aliphatic hydroxyl groups is 1. The molecule has 102 valence electrons. The van der Waals surface area contributed by atoms with Crippen molar-refractivity contribution >= 4 is 5.91 Å². The lowest BCUT2D eigenvalue weighted by atomic mass is 10.1. The van der Waals surface area contributed by atoms with Gasteiger partial charge >= 0.3 is 0 Å². The van der Waals surface area contributed by atoms with E-state index < -0.39 is 0 Å². The lowest BCUT2D eigenvalue weighted by molar-refractivity contribution is -0.120. The Hall–Kier alpha value is -1.86. The van der Waals surface area contributed by atoms with Gasteiger partial charge in [-0.05, 0) is 30.5 Å². The van der Waals surface area contributed by atoms with Gasteiger partial charge in [0, 0.05) is 13.2 Å². The van der Waals surface area contributed by atoms with Crippen LogP contribution in [-0.2, 0) is 11.2 Å². The summed E-state index contributed by atoms with van der Waals surface area (Å²) in [7, 11) is 0. The van der Waals surface area contributed by atoms with Crippen LogP contribution >= 0.6 is 0 Å². The van der Waals surface area contributed by atoms with E-state index in [9.17, 15) is 4.79 Å². The molecule has 0 aliphatic heterocycles. The fourth-order valence-electron chi connectivity index (χ4n) is 1.76. The van der Waals surface area contributed by atoms with Crippen molar-refractivity contribution < 1.29 is 9.90 Å². The highest BCUT2D eigenvalue weighted by Crippen LogP contribution is 2.04. The number of benzene rings is 1. The zero-order valence-corrected chi connectivity index (χ0v) is 11.1. The molecule has 0 saturated carbocycles. The van der Waals surface area contributed by atoms with Gasteiger partial charge in [0.15, 0.2) is 0 Å². The highest BCUT2D eigenvalue weighted by molar-refractivity contribution is 5.78. The van der Waals surface area contributed by atoms with Crippen LogP contribution in [-0.4, -0.2) is 24.2 Å². The van der Waals surface area contributed by atoms with E-state index in [1.165, 1.54) is 0 Å². The zero-order chi connectivity index (χ0) is 13.9. The summed E-state index contributed by atoms with van der Waals surface area (Å²) in [4.78, 5) is 11.6. The molecular weight excluding hydrogens is 240 g/mol. The maximum absolute atomic E-state index is 11.6. The molecule has 4 nitrogen and oxygen atoms in total. The lowest BCUT2D eigenvalue weighted by Gasteiger charge is -2.05. The maximum atomic E-state index is 11.6. The Morgan fingerprint density at radius 3 is 2.47 bits per heavy atom. The Kier molecular flexibility index (Phi) is 7.30. The first-order valence-electron chi connectivity index (χ1n) is 6.63. The Balaban J connectivity index is 2.18. The van der Waals surface area contributed by atoms with Gasteiger partial charge in [-0.25, -0.2) is 0 Å². The summed E-state index contributed by atoms with van der Waals surface area (Å²) in [6, 6.07) is 9.10. The summed E-state index contributed by atoms with van der Waals surface area (Å²) < 4.78 is 0. The van der Waals surface area contributed by atoms with Crippen LogP contribution in [0.4, 0.5) is 0 Å². The monoisotopic (exact) mass is 260 g/mol. The first kappa shape index (κ1) is 15.2. The minimum Gasteiger partial charge on any atom is -0.396 e. The Morgan fingerprint density at radius 1 is 1.16 bits per heavy atom. The smallest absolute Gasteiger partial charge is 0.224 e. The van der Waals surface area contributed by atoms with Crippen molar-refractivity contribution in [2.75, 3.05) is 13.2 Å². The van der Waals surface area contributed by atoms with Crippen LogP contribution in [0.1, 0.15) is 36.8 Å². The lowest BCUT2D eigenvalue weighted by Crippen LogP contribution is -2.26. The SMILES string of the molecule is N#Cc1ccc(CC(=O)NCCCCCCO)cc1. The molecular formula is C15H20N2O2. The van der Waals surface area contributed by atoms with Gasteiger partial charge in [0.2, 0.25) is 5.91 Å². The summed E-state index contributed by atoms with van der Waals surface area (Å²) in [5.41, 5.74) is 1.52. The standard InChI is InChI=1S/C15H20N2O2/c16-12-14-7-5-13(6-8-14)11-15(19)17-9-3-1-2-4-10-18/h5-8,18H,1-4,9-11H2,(H,17,19). The van der Waals surface area contributed by atoms with Crippen molar-refractivity contribution in [3.63, 3.8) is 0 Å². The van der Waals surface area contributed by atoms with E-state index in [4.69, 9.17) is 10.4 Å². The van der Waals surface area contributed by atoms with Gasteiger partial charge in [-0.1, -0.05) is 25.0 Å². The van der Waals surface area contributed by atoms with E-state index in [2.05, 4.69) is 5.32 Å². The highest BCUT2D eigenvalue weighted by atomic mass is 16.2. The van der Waals surface area contributed by atoms with E-state index in [1.54, 1.807) is 24.3 Å². The molecule has 0 aliphatic carbocycles. The number of unbranched alkanes of at least 4 members (excludes halogenated alkanes) is 3. The van der Waals surface area contributed by atoms with E-state index in [0.29, 0.717) is 18.5 Å². The number of carbonyl (C=O) groups excluding carboxylic acids is 1. The zero-order valence-electron chi connectivity index (χ0n) is 11.1. The highest BCUT2D eigenvalue weighted by Gasteiger charge is 2.02. The van der Waals surface area contributed by atoms with Gasteiger partial charge < -0.3 is 10.4 Å². The van der Waals surface area contributed by atoms with E-state index in [1.807, 2.05) is 6.07 Å². The third-order valence-electron chi connectivity index (χ3n) is 2.85. The van der Waals surface area contributed by atoms with Gasteiger partial charge in [0.05, 0.1) is 18.1 Å². The molecule has 1 amide bonds. The number of rotatable bonds is 8. The number of amides is 1. The molecule has 0 spiro atoms. The first-order chi connectivity index (χ1) is 9.26. The number of hydrogen-bond acceptors (Lipinski definition) is 3. The minimum absolute atomic E-state index is 0.00636. The summed E-state index contributed by atoms with van der Waals surface area (Å²) in [5, 5.41) is 20.2. The number of carbonyl (C=O) groups is 1. The van der Waals surface area contributed by atoms with Crippen molar-refractivity contribution in [3.8, 4) is 6.07 Å². The average Bonchev–Trinajstić information content (AvgIpc) is 2.43. The summed E-state index contributed by atoms with van der Waals surface area (Å²) in [6.45, 7) is 0.922. The molecule has 1 rings (SSSR count). The number of aliphatic hydroxyl groups excluding tert-OH is 1. The second kappa shape index (κ2) is 9.12. The fourth-order valence-corrected chi connectivity index (χ4v) is 1.76. The topological polar surface area (TPSA) is 73.1 Å². The van der Waals surface area contributed by atoms with Gasteiger partial charge in [-0.3, -0.25) is 4.79 Å². The molecule has 0 saturated heterocycles. The summed E-state index contributed by atoms with van der Waals surface area (Å²) in [5.74, 6) is 0.00636. The fraction of sp³-hybridized carbons (Fsp3) is 0.467. The Morgan fingerprint density at radius 2 is 1.84 bits per heavy atom. The number of nitrogens with zero attached hydrogens (tertiary/aromatic N) is 1. The van der Waals surface area contributed by atoms with Crippen LogP contribution in [0.3, 0.4) is 0 Å². The first-order valence-corrected chi connectivity index (χ1v) is 6.63. The van der Waals surface area contributed by atoms with Crippen molar-refractivity contribution in [1.82, 2.24) is 5.32 Å². The molecule has 19 heavy (non-hydrogen) atoms. The minimum atomic E-state index is 0.00636. The molecule has 0 aromatic heterocycles. The molecule has 0 bridgehead atoms. The molecule has 0 atom stereocenters. The molecule has 0 heterocycles. The third-order valence-corrected chi connectivity index (χ3v) is 2.85. The molecule has 2 N–H and O–H groups in total. The van der Waals surface area contributed by atoms with Crippen LogP contribution in [0, 0.1) is 11.3 Å². The predicted octanol–water partition coefficient (Wildman–Crippen LogP) is 1.77. The summed E-state index contributed by atoms with van der Waals surface area (Å²) in [6.07, 6.45) is 4.15. The van der Waals surface area contributed by atoms with Gasteiger partial charge in [-0.15, -0.1) is 0 Å². The molecule has 0 radical (unpaired) electrons. The van der Waals surface area contributed by atoms with E-state index in [0.717, 1.165) is 31.2 Å². The van der Waals surface area contributed by atoms with Crippen molar-refractivity contribution in [2.24, 2.45) is 0 Å². The number of hydrogen-bond donors (Lipinski definition) is 2. The Bertz CT molecular complexity index is 421. The normalized spacial score (nSPS) is 9.89. The molecule has 0 unspecified atom stereocenters. The average molecular weight is 260 g/mol. The third kappa shape index (κ3) is 6.58. The van der Waals surface area contributed by atoms with Gasteiger partial charge in [0.1, 0.15) is 0 Å². The second-order valence-corrected chi connectivity index (χ2v) is 4.47. The van der Waals surface area contributed by atoms with Crippen LogP contribution < -0.4 is 5.32 Å². The Labute approximate surface area is 114 Å². The van der Waals surface area contributed by atoms with Gasteiger partial charge in [-0.2, -0.15) is 5.26 Å². The van der Waals surface area contributed by atoms with Gasteiger partial charge in [0.25, 0.3) is 0 Å². The van der Waals surface area contributed by atoms with Crippen molar-refractivity contribution in [1.29, 1.82) is 5.26 Å². The van der Waals surface area contributed by atoms with Crippen molar-refractivity contribution in [2.45, 2.75) is 32.1 Å². The van der Waals surface area contributed by atoms with Crippen LogP contribution in [0.15, 0.2) is 24.3 Å². The predicted molar refractivity (Wildman–Crippen MR) is 73.4 cm³/mol. The van der Waals surface area contributed by atoms with Crippen LogP contribution in [0.25, 0.3) is 0 Å². The quantitative estimate of drug-likeness (QED) is 0.700. The second-order valence-electron chi connectivity index (χ2n) is 4.47. The summed E-state index contributed by atoms with van der Waals surface area (Å²) >= 11 is 0. The van der Waals surface area contributed by atoms with Crippen LogP contribution in [0.2, 0.25) is 0 Å². The largest absolute Gasteiger partial charge is 0.396 e. The molecule has 0 fully saturated rings.